The van der Waals surface area contributed by atoms with Gasteiger partial charge in [-0.1, -0.05) is 30.3 Å². The zero-order chi connectivity index (χ0) is 15.2. The Bertz CT molecular complexity index is 669. The van der Waals surface area contributed by atoms with Gasteiger partial charge >= 0.3 is 0 Å². The molecule has 2 rings (SSSR count). The molecule has 0 saturated heterocycles. The SMILES string of the molecule is Cc1nn(C)c(NNC(=O)CCc2ccccc2)c1C#N. The molecule has 1 heterocycles. The topological polar surface area (TPSA) is 82.7 Å². The normalized spacial score (nSPS) is 9.95. The zero-order valence-corrected chi connectivity index (χ0v) is 12.1. The summed E-state index contributed by atoms with van der Waals surface area (Å²) in [6, 6.07) is 11.9. The number of amides is 1. The monoisotopic (exact) mass is 283 g/mol. The number of hydrogen-bond acceptors (Lipinski definition) is 4. The highest BCUT2D eigenvalue weighted by atomic mass is 16.2. The van der Waals surface area contributed by atoms with Crippen LogP contribution >= 0.6 is 0 Å². The molecule has 0 aliphatic carbocycles. The van der Waals surface area contributed by atoms with Crippen molar-refractivity contribution in [3.63, 3.8) is 0 Å². The number of benzene rings is 1. The molecule has 1 aromatic heterocycles. The highest BCUT2D eigenvalue weighted by Gasteiger charge is 2.13. The van der Waals surface area contributed by atoms with Crippen LogP contribution in [0.4, 0.5) is 5.82 Å². The van der Waals surface area contributed by atoms with E-state index in [9.17, 15) is 4.79 Å². The zero-order valence-electron chi connectivity index (χ0n) is 12.1. The van der Waals surface area contributed by atoms with E-state index >= 15 is 0 Å². The van der Waals surface area contributed by atoms with Gasteiger partial charge in [0, 0.05) is 13.5 Å². The molecule has 0 unspecified atom stereocenters. The van der Waals surface area contributed by atoms with Gasteiger partial charge in [-0.3, -0.25) is 20.3 Å². The van der Waals surface area contributed by atoms with Gasteiger partial charge in [0.1, 0.15) is 11.6 Å². The fraction of sp³-hybridized carbons (Fsp3) is 0.267. The van der Waals surface area contributed by atoms with Crippen molar-refractivity contribution in [3.05, 3.63) is 47.2 Å². The molecule has 0 bridgehead atoms. The van der Waals surface area contributed by atoms with E-state index in [1.807, 2.05) is 30.3 Å². The molecular weight excluding hydrogens is 266 g/mol. The fourth-order valence-corrected chi connectivity index (χ4v) is 2.03. The molecule has 0 atom stereocenters. The number of nitrogens with zero attached hydrogens (tertiary/aromatic N) is 3. The van der Waals surface area contributed by atoms with Gasteiger partial charge in [0.05, 0.1) is 5.69 Å². The minimum absolute atomic E-state index is 0.137. The first-order valence-corrected chi connectivity index (χ1v) is 6.64. The molecule has 0 spiro atoms. The van der Waals surface area contributed by atoms with Crippen molar-refractivity contribution in [1.82, 2.24) is 15.2 Å². The summed E-state index contributed by atoms with van der Waals surface area (Å²) in [5, 5.41) is 13.2. The van der Waals surface area contributed by atoms with E-state index in [2.05, 4.69) is 22.0 Å². The van der Waals surface area contributed by atoms with Gasteiger partial charge in [-0.25, -0.2) is 0 Å². The first-order valence-electron chi connectivity index (χ1n) is 6.64. The van der Waals surface area contributed by atoms with E-state index in [-0.39, 0.29) is 5.91 Å². The summed E-state index contributed by atoms with van der Waals surface area (Å²) in [5.41, 5.74) is 7.53. The van der Waals surface area contributed by atoms with Crippen molar-refractivity contribution in [2.24, 2.45) is 7.05 Å². The Morgan fingerprint density at radius 1 is 1.38 bits per heavy atom. The highest BCUT2D eigenvalue weighted by Crippen LogP contribution is 2.16. The summed E-state index contributed by atoms with van der Waals surface area (Å²) in [4.78, 5) is 11.8. The van der Waals surface area contributed by atoms with Crippen LogP contribution in [0.2, 0.25) is 0 Å². The largest absolute Gasteiger partial charge is 0.281 e. The summed E-state index contributed by atoms with van der Waals surface area (Å²) in [6.07, 6.45) is 1.04. The number of rotatable bonds is 5. The Morgan fingerprint density at radius 2 is 2.10 bits per heavy atom. The molecule has 1 amide bonds. The van der Waals surface area contributed by atoms with E-state index < -0.39 is 0 Å². The molecule has 2 aromatic rings. The van der Waals surface area contributed by atoms with E-state index in [0.717, 1.165) is 5.56 Å². The van der Waals surface area contributed by atoms with Gasteiger partial charge in [0.2, 0.25) is 5.91 Å². The first-order chi connectivity index (χ1) is 10.1. The molecule has 0 aliphatic rings. The average Bonchev–Trinajstić information content (AvgIpc) is 2.77. The van der Waals surface area contributed by atoms with Crippen LogP contribution in [0.1, 0.15) is 23.2 Å². The first kappa shape index (κ1) is 14.6. The van der Waals surface area contributed by atoms with Gasteiger partial charge in [-0.15, -0.1) is 0 Å². The van der Waals surface area contributed by atoms with E-state index in [4.69, 9.17) is 5.26 Å². The standard InChI is InChI=1S/C15H17N5O/c1-11-13(10-16)15(20(2)19-11)18-17-14(21)9-8-12-6-4-3-5-7-12/h3-7,18H,8-9H2,1-2H3,(H,17,21). The fourth-order valence-electron chi connectivity index (χ4n) is 2.03. The minimum atomic E-state index is -0.137. The quantitative estimate of drug-likeness (QED) is 0.818. The maximum Gasteiger partial charge on any atom is 0.238 e. The molecular formula is C15H17N5O. The lowest BCUT2D eigenvalue weighted by atomic mass is 10.1. The van der Waals surface area contributed by atoms with Crippen molar-refractivity contribution in [1.29, 1.82) is 5.26 Å². The molecule has 21 heavy (non-hydrogen) atoms. The molecule has 0 radical (unpaired) electrons. The molecule has 0 fully saturated rings. The number of carbonyl (C=O) groups is 1. The van der Waals surface area contributed by atoms with Crippen LogP contribution in [-0.2, 0) is 18.3 Å². The number of carbonyl (C=O) groups excluding carboxylic acids is 1. The number of nitrogens with one attached hydrogen (secondary N) is 2. The second kappa shape index (κ2) is 6.57. The Labute approximate surface area is 123 Å². The Morgan fingerprint density at radius 3 is 2.76 bits per heavy atom. The van der Waals surface area contributed by atoms with Crippen LogP contribution in [0.25, 0.3) is 0 Å². The number of hydrazine groups is 1. The molecule has 108 valence electrons. The second-order valence-electron chi connectivity index (χ2n) is 4.70. The van der Waals surface area contributed by atoms with Crippen LogP contribution in [0, 0.1) is 18.3 Å². The molecule has 6 nitrogen and oxygen atoms in total. The number of aromatic nitrogens is 2. The van der Waals surface area contributed by atoms with Crippen LogP contribution in [0.5, 0.6) is 0 Å². The van der Waals surface area contributed by atoms with Crippen molar-refractivity contribution in [3.8, 4) is 6.07 Å². The van der Waals surface area contributed by atoms with Crippen LogP contribution in [-0.4, -0.2) is 15.7 Å². The van der Waals surface area contributed by atoms with Crippen LogP contribution in [0.15, 0.2) is 30.3 Å². The average molecular weight is 283 g/mol. The minimum Gasteiger partial charge on any atom is -0.281 e. The third-order valence-electron chi connectivity index (χ3n) is 3.14. The summed E-state index contributed by atoms with van der Waals surface area (Å²) >= 11 is 0. The molecule has 2 N–H and O–H groups in total. The van der Waals surface area contributed by atoms with Crippen molar-refractivity contribution in [2.45, 2.75) is 19.8 Å². The van der Waals surface area contributed by atoms with E-state index in [0.29, 0.717) is 29.9 Å². The third kappa shape index (κ3) is 3.60. The molecule has 6 heteroatoms. The Kier molecular flexibility index (Phi) is 4.57. The summed E-state index contributed by atoms with van der Waals surface area (Å²) < 4.78 is 1.53. The highest BCUT2D eigenvalue weighted by molar-refractivity contribution is 5.77. The molecule has 0 saturated carbocycles. The number of aryl methyl sites for hydroxylation is 3. The third-order valence-corrected chi connectivity index (χ3v) is 3.14. The number of anilines is 1. The predicted molar refractivity (Wildman–Crippen MR) is 79.2 cm³/mol. The lowest BCUT2D eigenvalue weighted by molar-refractivity contribution is -0.120. The van der Waals surface area contributed by atoms with Gasteiger partial charge < -0.3 is 0 Å². The molecule has 0 aliphatic heterocycles. The summed E-state index contributed by atoms with van der Waals surface area (Å²) in [5.74, 6) is 0.352. The van der Waals surface area contributed by atoms with Gasteiger partial charge in [-0.2, -0.15) is 10.4 Å². The van der Waals surface area contributed by atoms with Crippen LogP contribution < -0.4 is 10.9 Å². The maximum absolute atomic E-state index is 11.8. The van der Waals surface area contributed by atoms with Crippen LogP contribution in [0.3, 0.4) is 0 Å². The predicted octanol–water partition coefficient (Wildman–Crippen LogP) is 1.68. The second-order valence-corrected chi connectivity index (χ2v) is 4.70. The van der Waals surface area contributed by atoms with E-state index in [1.165, 1.54) is 4.68 Å². The Hall–Kier alpha value is -2.81. The van der Waals surface area contributed by atoms with Gasteiger partial charge in [0.15, 0.2) is 5.82 Å². The lowest BCUT2D eigenvalue weighted by Gasteiger charge is -2.09. The van der Waals surface area contributed by atoms with Crippen molar-refractivity contribution in [2.75, 3.05) is 5.43 Å². The summed E-state index contributed by atoms with van der Waals surface area (Å²) in [7, 11) is 1.71. The van der Waals surface area contributed by atoms with Crippen molar-refractivity contribution >= 4 is 11.7 Å². The van der Waals surface area contributed by atoms with Gasteiger partial charge in [-0.05, 0) is 18.9 Å². The number of nitriles is 1. The number of hydrogen-bond donors (Lipinski definition) is 2. The Balaban J connectivity index is 1.89. The van der Waals surface area contributed by atoms with Crippen molar-refractivity contribution < 1.29 is 4.79 Å². The maximum atomic E-state index is 11.8. The smallest absolute Gasteiger partial charge is 0.238 e. The lowest BCUT2D eigenvalue weighted by Crippen LogP contribution is -2.30. The summed E-state index contributed by atoms with van der Waals surface area (Å²) in [6.45, 7) is 1.75. The van der Waals surface area contributed by atoms with Gasteiger partial charge in [0.25, 0.3) is 0 Å². The molecule has 1 aromatic carbocycles. The van der Waals surface area contributed by atoms with E-state index in [1.54, 1.807) is 14.0 Å².